The molecule has 0 radical (unpaired) electrons. The molecule has 1 saturated heterocycles. The Morgan fingerprint density at radius 3 is 2.57 bits per heavy atom. The maximum absolute atomic E-state index is 12.3. The minimum absolute atomic E-state index is 0.0214. The molecule has 1 aromatic carbocycles. The van der Waals surface area contributed by atoms with E-state index in [0.717, 1.165) is 44.0 Å². The largest absolute Gasteiger partial charge is 0.497 e. The van der Waals surface area contributed by atoms with Crippen LogP contribution in [0.2, 0.25) is 0 Å². The van der Waals surface area contributed by atoms with Gasteiger partial charge in [0.1, 0.15) is 11.5 Å². The molecule has 0 bridgehead atoms. The average molecular weight is 316 g/mol. The SMILES string of the molecule is C=CCN1CCN(C(=O)C=Cc2cc(OC)ccc2OC)CC1. The molecule has 5 nitrogen and oxygen atoms in total. The van der Waals surface area contributed by atoms with Crippen molar-refractivity contribution in [2.45, 2.75) is 0 Å². The van der Waals surface area contributed by atoms with E-state index in [9.17, 15) is 4.79 Å². The Morgan fingerprint density at radius 2 is 1.96 bits per heavy atom. The summed E-state index contributed by atoms with van der Waals surface area (Å²) in [5.41, 5.74) is 0.825. The van der Waals surface area contributed by atoms with Crippen LogP contribution in [0.15, 0.2) is 36.9 Å². The molecule has 0 aromatic heterocycles. The molecule has 0 saturated carbocycles. The van der Waals surface area contributed by atoms with Gasteiger partial charge in [-0.3, -0.25) is 9.69 Å². The van der Waals surface area contributed by atoms with E-state index in [4.69, 9.17) is 9.47 Å². The van der Waals surface area contributed by atoms with E-state index < -0.39 is 0 Å². The van der Waals surface area contributed by atoms with Crippen LogP contribution in [0.3, 0.4) is 0 Å². The summed E-state index contributed by atoms with van der Waals surface area (Å²) < 4.78 is 10.5. The van der Waals surface area contributed by atoms with Crippen LogP contribution in [0.4, 0.5) is 0 Å². The van der Waals surface area contributed by atoms with Crippen LogP contribution in [0.25, 0.3) is 6.08 Å². The van der Waals surface area contributed by atoms with E-state index in [-0.39, 0.29) is 5.91 Å². The van der Waals surface area contributed by atoms with Crippen molar-refractivity contribution in [1.82, 2.24) is 9.80 Å². The second-order valence-electron chi connectivity index (χ2n) is 5.36. The van der Waals surface area contributed by atoms with Crippen molar-refractivity contribution in [3.8, 4) is 11.5 Å². The third-order valence-corrected chi connectivity index (χ3v) is 3.91. The zero-order valence-corrected chi connectivity index (χ0v) is 13.8. The molecule has 0 unspecified atom stereocenters. The molecule has 1 heterocycles. The highest BCUT2D eigenvalue weighted by molar-refractivity contribution is 5.92. The summed E-state index contributed by atoms with van der Waals surface area (Å²) in [5, 5.41) is 0. The number of carbonyl (C=O) groups excluding carboxylic acids is 1. The molecule has 1 aliphatic rings. The van der Waals surface area contributed by atoms with Crippen molar-refractivity contribution in [2.24, 2.45) is 0 Å². The molecule has 1 fully saturated rings. The van der Waals surface area contributed by atoms with Crippen molar-refractivity contribution in [3.63, 3.8) is 0 Å². The molecule has 124 valence electrons. The van der Waals surface area contributed by atoms with E-state index in [0.29, 0.717) is 5.75 Å². The molecular weight excluding hydrogens is 292 g/mol. The predicted octanol–water partition coefficient (Wildman–Crippen LogP) is 2.05. The lowest BCUT2D eigenvalue weighted by Gasteiger charge is -2.33. The minimum Gasteiger partial charge on any atom is -0.497 e. The highest BCUT2D eigenvalue weighted by atomic mass is 16.5. The molecule has 0 atom stereocenters. The fourth-order valence-electron chi connectivity index (χ4n) is 2.57. The normalized spacial score (nSPS) is 15.7. The molecule has 0 N–H and O–H groups in total. The maximum atomic E-state index is 12.3. The summed E-state index contributed by atoms with van der Waals surface area (Å²) in [4.78, 5) is 16.5. The van der Waals surface area contributed by atoms with E-state index in [1.54, 1.807) is 26.4 Å². The van der Waals surface area contributed by atoms with Crippen molar-refractivity contribution >= 4 is 12.0 Å². The minimum atomic E-state index is 0.0214. The van der Waals surface area contributed by atoms with Gasteiger partial charge in [0.25, 0.3) is 0 Å². The Labute approximate surface area is 137 Å². The summed E-state index contributed by atoms with van der Waals surface area (Å²) in [6.45, 7) is 7.87. The number of methoxy groups -OCH3 is 2. The Morgan fingerprint density at radius 1 is 1.22 bits per heavy atom. The quantitative estimate of drug-likeness (QED) is 0.595. The third kappa shape index (κ3) is 4.60. The highest BCUT2D eigenvalue weighted by Gasteiger charge is 2.18. The molecule has 1 amide bonds. The first-order chi connectivity index (χ1) is 11.2. The number of ether oxygens (including phenoxy) is 2. The molecule has 1 aromatic rings. The lowest BCUT2D eigenvalue weighted by molar-refractivity contribution is -0.127. The first-order valence-corrected chi connectivity index (χ1v) is 7.70. The summed E-state index contributed by atoms with van der Waals surface area (Å²) in [5.74, 6) is 1.47. The number of benzene rings is 1. The van der Waals surface area contributed by atoms with Gasteiger partial charge in [0, 0.05) is 44.4 Å². The molecule has 1 aliphatic heterocycles. The van der Waals surface area contributed by atoms with Crippen molar-refractivity contribution in [2.75, 3.05) is 46.9 Å². The van der Waals surface area contributed by atoms with Gasteiger partial charge < -0.3 is 14.4 Å². The monoisotopic (exact) mass is 316 g/mol. The lowest BCUT2D eigenvalue weighted by Crippen LogP contribution is -2.48. The second-order valence-corrected chi connectivity index (χ2v) is 5.36. The summed E-state index contributed by atoms with van der Waals surface area (Å²) in [6.07, 6.45) is 5.27. The summed E-state index contributed by atoms with van der Waals surface area (Å²) >= 11 is 0. The topological polar surface area (TPSA) is 42.0 Å². The maximum Gasteiger partial charge on any atom is 0.246 e. The van der Waals surface area contributed by atoms with Gasteiger partial charge in [0.15, 0.2) is 0 Å². The second kappa shape index (κ2) is 8.39. The van der Waals surface area contributed by atoms with Crippen LogP contribution in [0, 0.1) is 0 Å². The molecule has 23 heavy (non-hydrogen) atoms. The van der Waals surface area contributed by atoms with Crippen LogP contribution in [-0.2, 0) is 4.79 Å². The molecule has 0 spiro atoms. The molecule has 2 rings (SSSR count). The van der Waals surface area contributed by atoms with Gasteiger partial charge in [-0.1, -0.05) is 6.08 Å². The van der Waals surface area contributed by atoms with Crippen molar-refractivity contribution in [1.29, 1.82) is 0 Å². The van der Waals surface area contributed by atoms with Gasteiger partial charge >= 0.3 is 0 Å². The number of carbonyl (C=O) groups is 1. The number of piperazine rings is 1. The van der Waals surface area contributed by atoms with Gasteiger partial charge in [0.05, 0.1) is 14.2 Å². The van der Waals surface area contributed by atoms with E-state index in [1.807, 2.05) is 29.2 Å². The van der Waals surface area contributed by atoms with Gasteiger partial charge in [-0.2, -0.15) is 0 Å². The summed E-state index contributed by atoms with van der Waals surface area (Å²) in [6, 6.07) is 5.51. The van der Waals surface area contributed by atoms with Crippen LogP contribution < -0.4 is 9.47 Å². The van der Waals surface area contributed by atoms with E-state index in [2.05, 4.69) is 11.5 Å². The molecule has 5 heteroatoms. The van der Waals surface area contributed by atoms with Crippen LogP contribution in [0.1, 0.15) is 5.56 Å². The van der Waals surface area contributed by atoms with E-state index in [1.165, 1.54) is 0 Å². The van der Waals surface area contributed by atoms with Crippen molar-refractivity contribution in [3.05, 3.63) is 42.5 Å². The molecule has 0 aliphatic carbocycles. The Kier molecular flexibility index (Phi) is 6.23. The van der Waals surface area contributed by atoms with Crippen LogP contribution >= 0.6 is 0 Å². The smallest absolute Gasteiger partial charge is 0.246 e. The number of rotatable bonds is 6. The third-order valence-electron chi connectivity index (χ3n) is 3.91. The first kappa shape index (κ1) is 17.1. The Bertz CT molecular complexity index is 576. The number of nitrogens with zero attached hydrogens (tertiary/aromatic N) is 2. The van der Waals surface area contributed by atoms with Gasteiger partial charge in [0.2, 0.25) is 5.91 Å². The van der Waals surface area contributed by atoms with Crippen molar-refractivity contribution < 1.29 is 14.3 Å². The van der Waals surface area contributed by atoms with Crippen LogP contribution in [0.5, 0.6) is 11.5 Å². The molecular formula is C18H24N2O3. The fourth-order valence-corrected chi connectivity index (χ4v) is 2.57. The Hall–Kier alpha value is -2.27. The highest BCUT2D eigenvalue weighted by Crippen LogP contribution is 2.25. The standard InChI is InChI=1S/C18H24N2O3/c1-4-9-19-10-12-20(13-11-19)18(21)8-5-15-14-16(22-2)6-7-17(15)23-3/h4-8,14H,1,9-13H2,2-3H3. The van der Waals surface area contributed by atoms with Gasteiger partial charge in [-0.25, -0.2) is 0 Å². The fraction of sp³-hybridized carbons (Fsp3) is 0.389. The number of hydrogen-bond donors (Lipinski definition) is 0. The average Bonchev–Trinajstić information content (AvgIpc) is 2.60. The van der Waals surface area contributed by atoms with Crippen LogP contribution in [-0.4, -0.2) is 62.7 Å². The zero-order chi connectivity index (χ0) is 16.7. The van der Waals surface area contributed by atoms with E-state index >= 15 is 0 Å². The Balaban J connectivity index is 2.00. The predicted molar refractivity (Wildman–Crippen MR) is 91.8 cm³/mol. The number of hydrogen-bond acceptors (Lipinski definition) is 4. The number of amides is 1. The lowest BCUT2D eigenvalue weighted by atomic mass is 10.1. The first-order valence-electron chi connectivity index (χ1n) is 7.70. The van der Waals surface area contributed by atoms with Gasteiger partial charge in [-0.05, 0) is 24.3 Å². The summed E-state index contributed by atoms with van der Waals surface area (Å²) in [7, 11) is 3.23. The van der Waals surface area contributed by atoms with Gasteiger partial charge in [-0.15, -0.1) is 6.58 Å². The zero-order valence-electron chi connectivity index (χ0n) is 13.8.